The zero-order valence-electron chi connectivity index (χ0n) is 11.9. The van der Waals surface area contributed by atoms with E-state index in [4.69, 9.17) is 5.73 Å². The van der Waals surface area contributed by atoms with E-state index in [0.29, 0.717) is 28.3 Å². The summed E-state index contributed by atoms with van der Waals surface area (Å²) >= 11 is 0. The molecule has 2 heterocycles. The van der Waals surface area contributed by atoms with Crippen molar-refractivity contribution in [2.45, 2.75) is 6.92 Å². The molecule has 0 saturated heterocycles. The lowest BCUT2D eigenvalue weighted by molar-refractivity contribution is 0.0997. The highest BCUT2D eigenvalue weighted by Crippen LogP contribution is 2.15. The van der Waals surface area contributed by atoms with Crippen molar-refractivity contribution in [3.05, 3.63) is 65.6 Å². The second-order valence-corrected chi connectivity index (χ2v) is 4.87. The van der Waals surface area contributed by atoms with E-state index in [1.54, 1.807) is 41.8 Å². The van der Waals surface area contributed by atoms with Crippen LogP contribution in [-0.2, 0) is 0 Å². The van der Waals surface area contributed by atoms with Gasteiger partial charge >= 0.3 is 0 Å². The molecule has 0 radical (unpaired) electrons. The predicted octanol–water partition coefficient (Wildman–Crippen LogP) is 1.99. The fraction of sp³-hybridized carbons (Fsp3) is 0.0625. The van der Waals surface area contributed by atoms with Crippen LogP contribution in [0.4, 0.5) is 5.69 Å². The molecule has 2 amide bonds. The van der Waals surface area contributed by atoms with Gasteiger partial charge in [0.05, 0.1) is 5.69 Å². The van der Waals surface area contributed by atoms with Gasteiger partial charge in [0.15, 0.2) is 0 Å². The Morgan fingerprint density at radius 2 is 1.86 bits per heavy atom. The van der Waals surface area contributed by atoms with Gasteiger partial charge in [-0.3, -0.25) is 14.0 Å². The third-order valence-corrected chi connectivity index (χ3v) is 3.35. The van der Waals surface area contributed by atoms with Crippen LogP contribution >= 0.6 is 0 Å². The Morgan fingerprint density at radius 1 is 1.14 bits per heavy atom. The molecule has 1 aromatic carbocycles. The number of carbonyl (C=O) groups is 2. The normalized spacial score (nSPS) is 10.6. The maximum Gasteiger partial charge on any atom is 0.274 e. The lowest BCUT2D eigenvalue weighted by Crippen LogP contribution is -2.16. The maximum atomic E-state index is 12.5. The molecule has 0 aliphatic carbocycles. The second kappa shape index (κ2) is 5.33. The maximum absolute atomic E-state index is 12.5. The standard InChI is InChI=1S/C16H14N4O2/c1-10-14(20-9-3-2-4-13(20)18-10)16(22)19-12-7-5-11(6-8-12)15(17)21/h2-9H,1H3,(H2,17,21)(H,19,22). The number of primary amides is 1. The largest absolute Gasteiger partial charge is 0.366 e. The summed E-state index contributed by atoms with van der Waals surface area (Å²) in [5, 5.41) is 2.79. The van der Waals surface area contributed by atoms with Crippen LogP contribution in [0.2, 0.25) is 0 Å². The van der Waals surface area contributed by atoms with Gasteiger partial charge in [-0.05, 0) is 43.3 Å². The molecular formula is C16H14N4O2. The number of aromatic nitrogens is 2. The SMILES string of the molecule is Cc1nc2ccccn2c1C(=O)Nc1ccc(C(N)=O)cc1. The van der Waals surface area contributed by atoms with Crippen molar-refractivity contribution in [3.8, 4) is 0 Å². The summed E-state index contributed by atoms with van der Waals surface area (Å²) < 4.78 is 1.74. The number of pyridine rings is 1. The third kappa shape index (κ3) is 2.42. The van der Waals surface area contributed by atoms with E-state index in [1.165, 1.54) is 0 Å². The minimum Gasteiger partial charge on any atom is -0.366 e. The number of hydrogen-bond acceptors (Lipinski definition) is 3. The van der Waals surface area contributed by atoms with Crippen LogP contribution in [-0.4, -0.2) is 21.2 Å². The van der Waals surface area contributed by atoms with Crippen LogP contribution in [0.25, 0.3) is 5.65 Å². The van der Waals surface area contributed by atoms with Crippen molar-refractivity contribution in [1.82, 2.24) is 9.38 Å². The first-order valence-corrected chi connectivity index (χ1v) is 6.71. The number of imidazole rings is 1. The number of nitrogens with two attached hydrogens (primary N) is 1. The number of hydrogen-bond donors (Lipinski definition) is 2. The topological polar surface area (TPSA) is 89.5 Å². The molecule has 3 rings (SSSR count). The van der Waals surface area contributed by atoms with Crippen LogP contribution < -0.4 is 11.1 Å². The van der Waals surface area contributed by atoms with Gasteiger partial charge in [0.2, 0.25) is 5.91 Å². The molecule has 0 spiro atoms. The van der Waals surface area contributed by atoms with Gasteiger partial charge in [-0.2, -0.15) is 0 Å². The van der Waals surface area contributed by atoms with E-state index in [2.05, 4.69) is 10.3 Å². The summed E-state index contributed by atoms with van der Waals surface area (Å²) in [4.78, 5) is 27.9. The molecule has 2 aromatic heterocycles. The number of benzene rings is 1. The molecule has 0 atom stereocenters. The molecule has 3 N–H and O–H groups in total. The van der Waals surface area contributed by atoms with Gasteiger partial charge in [0.1, 0.15) is 11.3 Å². The Morgan fingerprint density at radius 3 is 2.55 bits per heavy atom. The van der Waals surface area contributed by atoms with Crippen LogP contribution in [0.5, 0.6) is 0 Å². The molecule has 0 aliphatic heterocycles. The average molecular weight is 294 g/mol. The first-order valence-electron chi connectivity index (χ1n) is 6.71. The summed E-state index contributed by atoms with van der Waals surface area (Å²) in [6, 6.07) is 12.0. The lowest BCUT2D eigenvalue weighted by Gasteiger charge is -2.06. The smallest absolute Gasteiger partial charge is 0.274 e. The minimum atomic E-state index is -0.504. The summed E-state index contributed by atoms with van der Waals surface area (Å²) in [6.07, 6.45) is 1.79. The highest BCUT2D eigenvalue weighted by atomic mass is 16.2. The Kier molecular flexibility index (Phi) is 3.34. The molecule has 0 aliphatic rings. The summed E-state index contributed by atoms with van der Waals surface area (Å²) in [7, 11) is 0. The minimum absolute atomic E-state index is 0.261. The van der Waals surface area contributed by atoms with Gasteiger partial charge < -0.3 is 11.1 Å². The molecule has 6 heteroatoms. The molecule has 22 heavy (non-hydrogen) atoms. The quantitative estimate of drug-likeness (QED) is 0.774. The zero-order chi connectivity index (χ0) is 15.7. The van der Waals surface area contributed by atoms with Crippen molar-refractivity contribution in [3.63, 3.8) is 0 Å². The number of rotatable bonds is 3. The molecule has 6 nitrogen and oxygen atoms in total. The number of nitrogens with zero attached hydrogens (tertiary/aromatic N) is 2. The van der Waals surface area contributed by atoms with E-state index in [0.717, 1.165) is 0 Å². The summed E-state index contributed by atoms with van der Waals surface area (Å²) in [5.41, 5.74) is 8.01. The molecular weight excluding hydrogens is 280 g/mol. The fourth-order valence-electron chi connectivity index (χ4n) is 2.30. The Balaban J connectivity index is 1.90. The Labute approximate surface area is 126 Å². The summed E-state index contributed by atoms with van der Waals surface area (Å²) in [5.74, 6) is -0.765. The average Bonchev–Trinajstić information content (AvgIpc) is 2.83. The molecule has 110 valence electrons. The summed E-state index contributed by atoms with van der Waals surface area (Å²) in [6.45, 7) is 1.79. The van der Waals surface area contributed by atoms with E-state index in [1.807, 2.05) is 18.2 Å². The van der Waals surface area contributed by atoms with E-state index < -0.39 is 5.91 Å². The molecule has 0 bridgehead atoms. The van der Waals surface area contributed by atoms with Crippen LogP contribution in [0, 0.1) is 6.92 Å². The molecule has 3 aromatic rings. The Bertz CT molecular complexity index is 865. The van der Waals surface area contributed by atoms with Crippen molar-refractivity contribution >= 4 is 23.1 Å². The monoisotopic (exact) mass is 294 g/mol. The highest BCUT2D eigenvalue weighted by Gasteiger charge is 2.16. The zero-order valence-corrected chi connectivity index (χ0v) is 11.9. The first kappa shape index (κ1) is 13.8. The highest BCUT2D eigenvalue weighted by molar-refractivity contribution is 6.04. The van der Waals surface area contributed by atoms with Gasteiger partial charge in [0.25, 0.3) is 5.91 Å². The van der Waals surface area contributed by atoms with E-state index >= 15 is 0 Å². The second-order valence-electron chi connectivity index (χ2n) is 4.87. The van der Waals surface area contributed by atoms with Crippen molar-refractivity contribution < 1.29 is 9.59 Å². The third-order valence-electron chi connectivity index (χ3n) is 3.35. The van der Waals surface area contributed by atoms with Gasteiger partial charge in [-0.15, -0.1) is 0 Å². The van der Waals surface area contributed by atoms with Crippen LogP contribution in [0.15, 0.2) is 48.7 Å². The van der Waals surface area contributed by atoms with Crippen molar-refractivity contribution in [1.29, 1.82) is 0 Å². The van der Waals surface area contributed by atoms with Gasteiger partial charge in [0, 0.05) is 17.4 Å². The van der Waals surface area contributed by atoms with Gasteiger partial charge in [-0.1, -0.05) is 6.07 Å². The number of aryl methyl sites for hydroxylation is 1. The van der Waals surface area contributed by atoms with Crippen molar-refractivity contribution in [2.75, 3.05) is 5.32 Å². The number of amides is 2. The predicted molar refractivity (Wildman–Crippen MR) is 82.8 cm³/mol. The van der Waals surface area contributed by atoms with Gasteiger partial charge in [-0.25, -0.2) is 4.98 Å². The number of fused-ring (bicyclic) bond motifs is 1. The number of nitrogens with one attached hydrogen (secondary N) is 1. The first-order chi connectivity index (χ1) is 10.6. The lowest BCUT2D eigenvalue weighted by atomic mass is 10.2. The fourth-order valence-corrected chi connectivity index (χ4v) is 2.30. The molecule has 0 unspecified atom stereocenters. The van der Waals surface area contributed by atoms with Crippen LogP contribution in [0.1, 0.15) is 26.5 Å². The van der Waals surface area contributed by atoms with E-state index in [9.17, 15) is 9.59 Å². The number of carbonyl (C=O) groups excluding carboxylic acids is 2. The molecule has 0 fully saturated rings. The Hall–Kier alpha value is -3.15. The van der Waals surface area contributed by atoms with Crippen LogP contribution in [0.3, 0.4) is 0 Å². The van der Waals surface area contributed by atoms with Crippen molar-refractivity contribution in [2.24, 2.45) is 5.73 Å². The van der Waals surface area contributed by atoms with E-state index in [-0.39, 0.29) is 5.91 Å². The molecule has 0 saturated carbocycles. The number of anilines is 1.